The lowest BCUT2D eigenvalue weighted by Gasteiger charge is -2.14. The van der Waals surface area contributed by atoms with Crippen molar-refractivity contribution < 1.29 is 0 Å². The van der Waals surface area contributed by atoms with Crippen LogP contribution >= 0.6 is 0 Å². The van der Waals surface area contributed by atoms with Crippen LogP contribution in [-0.2, 0) is 0 Å². The lowest BCUT2D eigenvalue weighted by molar-refractivity contribution is 1.12. The smallest absolute Gasteiger partial charge is 0.160 e. The Morgan fingerprint density at radius 1 is 0.429 bits per heavy atom. The number of aryl methyl sites for hydroxylation is 1. The molecule has 0 saturated carbocycles. The number of aromatic nitrogens is 2. The maximum absolute atomic E-state index is 5.18. The first kappa shape index (κ1) is 19.9. The molecule has 0 spiro atoms. The van der Waals surface area contributed by atoms with Gasteiger partial charge in [-0.05, 0) is 68.2 Å². The molecule has 0 unspecified atom stereocenters. The topological polar surface area (TPSA) is 25.8 Å². The number of hydrogen-bond donors (Lipinski definition) is 0. The zero-order valence-corrected chi connectivity index (χ0v) is 19.4. The molecule has 0 radical (unpaired) electrons. The van der Waals surface area contributed by atoms with Crippen LogP contribution in [0, 0.1) is 6.92 Å². The zero-order chi connectivity index (χ0) is 23.4. The van der Waals surface area contributed by atoms with Crippen LogP contribution in [0.5, 0.6) is 0 Å². The molecule has 0 fully saturated rings. The first-order chi connectivity index (χ1) is 17.3. The summed E-state index contributed by atoms with van der Waals surface area (Å²) >= 11 is 0. The van der Waals surface area contributed by atoms with Gasteiger partial charge in [-0.2, -0.15) is 0 Å². The van der Waals surface area contributed by atoms with Crippen molar-refractivity contribution in [3.63, 3.8) is 0 Å². The Hall–Kier alpha value is -4.56. The first-order valence-electron chi connectivity index (χ1n) is 11.9. The lowest BCUT2D eigenvalue weighted by atomic mass is 9.95. The van der Waals surface area contributed by atoms with Gasteiger partial charge >= 0.3 is 0 Å². The van der Waals surface area contributed by atoms with Crippen LogP contribution in [0.15, 0.2) is 115 Å². The third-order valence-corrected chi connectivity index (χ3v) is 6.91. The van der Waals surface area contributed by atoms with E-state index < -0.39 is 0 Å². The fraction of sp³-hybridized carbons (Fsp3) is 0.0303. The van der Waals surface area contributed by atoms with Gasteiger partial charge in [-0.25, -0.2) is 9.97 Å². The van der Waals surface area contributed by atoms with Crippen molar-refractivity contribution in [1.29, 1.82) is 0 Å². The molecular weight excluding hydrogens is 424 g/mol. The quantitative estimate of drug-likeness (QED) is 0.248. The van der Waals surface area contributed by atoms with E-state index in [2.05, 4.69) is 122 Å². The number of fused-ring (bicyclic) bond motifs is 6. The minimum absolute atomic E-state index is 0.763. The summed E-state index contributed by atoms with van der Waals surface area (Å²) in [6.07, 6.45) is 0. The Morgan fingerprint density at radius 2 is 0.886 bits per heavy atom. The molecule has 7 aromatic rings. The molecule has 0 N–H and O–H groups in total. The van der Waals surface area contributed by atoms with E-state index in [0.29, 0.717) is 0 Å². The van der Waals surface area contributed by atoms with Gasteiger partial charge in [0.2, 0.25) is 0 Å². The number of rotatable bonds is 2. The molecule has 0 amide bonds. The maximum Gasteiger partial charge on any atom is 0.160 e. The molecule has 0 saturated heterocycles. The molecule has 0 aliphatic heterocycles. The molecule has 1 aromatic heterocycles. The van der Waals surface area contributed by atoms with Gasteiger partial charge < -0.3 is 0 Å². The number of nitrogens with zero attached hydrogens (tertiary/aromatic N) is 2. The predicted octanol–water partition coefficient (Wildman–Crippen LogP) is 8.73. The van der Waals surface area contributed by atoms with Crippen LogP contribution in [0.1, 0.15) is 5.69 Å². The molecular formula is C33H22N2. The minimum Gasteiger partial charge on any atom is -0.233 e. The van der Waals surface area contributed by atoms with Crippen LogP contribution in [0.2, 0.25) is 0 Å². The highest BCUT2D eigenvalue weighted by Crippen LogP contribution is 2.37. The Labute approximate surface area is 203 Å². The van der Waals surface area contributed by atoms with Gasteiger partial charge in [-0.3, -0.25) is 0 Å². The summed E-state index contributed by atoms with van der Waals surface area (Å²) in [5, 5.41) is 9.78. The van der Waals surface area contributed by atoms with Gasteiger partial charge in [0.15, 0.2) is 5.82 Å². The molecule has 7 rings (SSSR count). The predicted molar refractivity (Wildman–Crippen MR) is 148 cm³/mol. The Bertz CT molecular complexity index is 1780. The molecule has 6 aromatic carbocycles. The fourth-order valence-electron chi connectivity index (χ4n) is 5.33. The summed E-state index contributed by atoms with van der Waals surface area (Å²) in [7, 11) is 0. The van der Waals surface area contributed by atoms with Crippen molar-refractivity contribution in [3.8, 4) is 22.6 Å². The normalized spacial score (nSPS) is 11.6. The Morgan fingerprint density at radius 3 is 1.49 bits per heavy atom. The van der Waals surface area contributed by atoms with Crippen molar-refractivity contribution in [2.45, 2.75) is 6.92 Å². The van der Waals surface area contributed by atoms with Crippen molar-refractivity contribution in [2.75, 3.05) is 0 Å². The van der Waals surface area contributed by atoms with E-state index >= 15 is 0 Å². The average molecular weight is 447 g/mol. The van der Waals surface area contributed by atoms with Gasteiger partial charge in [0.25, 0.3) is 0 Å². The molecule has 0 atom stereocenters. The van der Waals surface area contributed by atoms with Crippen LogP contribution < -0.4 is 0 Å². The van der Waals surface area contributed by atoms with Gasteiger partial charge in [0, 0.05) is 16.8 Å². The highest BCUT2D eigenvalue weighted by Gasteiger charge is 2.15. The van der Waals surface area contributed by atoms with E-state index in [1.165, 1.54) is 43.1 Å². The molecule has 2 heteroatoms. The Kier molecular flexibility index (Phi) is 4.40. The minimum atomic E-state index is 0.763. The van der Waals surface area contributed by atoms with Gasteiger partial charge in [-0.15, -0.1) is 0 Å². The first-order valence-corrected chi connectivity index (χ1v) is 11.9. The molecule has 1 heterocycles. The average Bonchev–Trinajstić information content (AvgIpc) is 2.92. The summed E-state index contributed by atoms with van der Waals surface area (Å²) < 4.78 is 0. The summed E-state index contributed by atoms with van der Waals surface area (Å²) in [5.41, 5.74) is 4.11. The highest BCUT2D eigenvalue weighted by molar-refractivity contribution is 6.14. The number of hydrogen-bond acceptors (Lipinski definition) is 2. The van der Waals surface area contributed by atoms with Crippen LogP contribution in [0.3, 0.4) is 0 Å². The van der Waals surface area contributed by atoms with Crippen molar-refractivity contribution in [2.24, 2.45) is 0 Å². The number of benzene rings is 6. The van der Waals surface area contributed by atoms with Gasteiger partial charge in [0.05, 0.1) is 5.69 Å². The third-order valence-electron chi connectivity index (χ3n) is 6.91. The van der Waals surface area contributed by atoms with E-state index in [0.717, 1.165) is 28.3 Å². The molecule has 2 nitrogen and oxygen atoms in total. The maximum atomic E-state index is 5.18. The van der Waals surface area contributed by atoms with E-state index in [1.807, 2.05) is 0 Å². The van der Waals surface area contributed by atoms with E-state index in [1.54, 1.807) is 0 Å². The summed E-state index contributed by atoms with van der Waals surface area (Å²) in [6.45, 7) is 2.06. The van der Waals surface area contributed by atoms with Crippen LogP contribution in [-0.4, -0.2) is 9.97 Å². The van der Waals surface area contributed by atoms with Crippen LogP contribution in [0.25, 0.3) is 65.7 Å². The van der Waals surface area contributed by atoms with Crippen molar-refractivity contribution in [3.05, 3.63) is 121 Å². The standard InChI is InChI=1S/C33H22N2/c1-21-18-32(30-19-22-10-2-4-12-24(22)26-14-6-8-16-28(26)30)35-33(34-21)31-20-23-11-3-5-13-25(23)27-15-7-9-17-29(27)31/h2-20H,1H3. The molecule has 0 aliphatic rings. The lowest BCUT2D eigenvalue weighted by Crippen LogP contribution is -1.97. The van der Waals surface area contributed by atoms with Gasteiger partial charge in [-0.1, -0.05) is 97.1 Å². The van der Waals surface area contributed by atoms with Crippen molar-refractivity contribution >= 4 is 43.1 Å². The van der Waals surface area contributed by atoms with E-state index in [9.17, 15) is 0 Å². The van der Waals surface area contributed by atoms with Crippen LogP contribution in [0.4, 0.5) is 0 Å². The summed E-state index contributed by atoms with van der Waals surface area (Å²) in [6, 6.07) is 40.9. The molecule has 0 bridgehead atoms. The van der Waals surface area contributed by atoms with E-state index in [-0.39, 0.29) is 0 Å². The summed E-state index contributed by atoms with van der Waals surface area (Å²) in [5.74, 6) is 0.763. The Balaban J connectivity index is 1.54. The monoisotopic (exact) mass is 446 g/mol. The molecule has 0 aliphatic carbocycles. The largest absolute Gasteiger partial charge is 0.233 e. The van der Waals surface area contributed by atoms with E-state index in [4.69, 9.17) is 9.97 Å². The fourth-order valence-corrected chi connectivity index (χ4v) is 5.33. The second-order valence-corrected chi connectivity index (χ2v) is 9.10. The molecule has 35 heavy (non-hydrogen) atoms. The highest BCUT2D eigenvalue weighted by atomic mass is 14.9. The second-order valence-electron chi connectivity index (χ2n) is 9.10. The zero-order valence-electron chi connectivity index (χ0n) is 19.4. The SMILES string of the molecule is Cc1cc(-c2cc3ccccc3c3ccccc23)nc(-c2cc3ccccc3c3ccccc23)n1. The second kappa shape index (κ2) is 7.75. The molecule has 164 valence electrons. The van der Waals surface area contributed by atoms with Gasteiger partial charge in [0.1, 0.15) is 0 Å². The van der Waals surface area contributed by atoms with Crippen molar-refractivity contribution in [1.82, 2.24) is 9.97 Å². The third kappa shape index (κ3) is 3.18. The summed E-state index contributed by atoms with van der Waals surface area (Å²) in [4.78, 5) is 10.1.